The normalized spacial score (nSPS) is 12.5. The number of hydrogen-bond acceptors (Lipinski definition) is 5. The van der Waals surface area contributed by atoms with E-state index in [0.29, 0.717) is 5.58 Å². The quantitative estimate of drug-likeness (QED) is 0.369. The van der Waals surface area contributed by atoms with Crippen LogP contribution < -0.4 is 10.4 Å². The van der Waals surface area contributed by atoms with E-state index in [-0.39, 0.29) is 5.63 Å². The largest absolute Gasteiger partial charge is 0.454 e. The van der Waals surface area contributed by atoms with Crippen LogP contribution in [0.1, 0.15) is 16.8 Å². The number of aryl methyl sites for hydroxylation is 3. The number of hydrogen-bond donors (Lipinski definition) is 0. The molecule has 24 heavy (non-hydrogen) atoms. The second kappa shape index (κ2) is 4.45. The standard InChI is InChI=1S/C19H13NO3S/c1-8-4-12-16-11(7-14(21)22-12)18-17(23-13(16)5-8)15-9(2)6-10(3)20-19(15)24-18/h4-7H,1-3H3. The average molecular weight is 335 g/mol. The molecule has 0 saturated heterocycles. The van der Waals surface area contributed by atoms with Gasteiger partial charge in [-0.05, 0) is 50.1 Å². The van der Waals surface area contributed by atoms with Gasteiger partial charge in [0, 0.05) is 17.3 Å². The van der Waals surface area contributed by atoms with Crippen LogP contribution in [0, 0.1) is 20.8 Å². The van der Waals surface area contributed by atoms with Gasteiger partial charge in [-0.3, -0.25) is 0 Å². The lowest BCUT2D eigenvalue weighted by molar-refractivity contribution is 0.489. The van der Waals surface area contributed by atoms with Crippen LogP contribution in [-0.4, -0.2) is 4.98 Å². The molecule has 0 amide bonds. The molecule has 0 saturated carbocycles. The fraction of sp³-hybridized carbons (Fsp3) is 0.158. The number of pyridine rings is 1. The molecule has 4 nitrogen and oxygen atoms in total. The molecule has 5 heteroatoms. The van der Waals surface area contributed by atoms with E-state index in [4.69, 9.17) is 9.15 Å². The fourth-order valence-electron chi connectivity index (χ4n) is 3.45. The minimum atomic E-state index is -0.347. The Hall–Kier alpha value is -2.66. The molecule has 0 N–H and O–H groups in total. The monoisotopic (exact) mass is 335 g/mol. The highest BCUT2D eigenvalue weighted by molar-refractivity contribution is 7.22. The van der Waals surface area contributed by atoms with Gasteiger partial charge in [0.1, 0.15) is 16.2 Å². The number of fused-ring (bicyclic) bond motifs is 4. The van der Waals surface area contributed by atoms with Gasteiger partial charge in [0.25, 0.3) is 0 Å². The molecule has 3 aromatic heterocycles. The molecule has 1 aromatic carbocycles. The number of benzene rings is 1. The van der Waals surface area contributed by atoms with Gasteiger partial charge < -0.3 is 9.15 Å². The van der Waals surface area contributed by atoms with Crippen LogP contribution in [0.4, 0.5) is 0 Å². The van der Waals surface area contributed by atoms with Crippen LogP contribution in [0.25, 0.3) is 31.6 Å². The molecular weight excluding hydrogens is 322 g/mol. The number of aromatic nitrogens is 1. The van der Waals surface area contributed by atoms with E-state index in [1.54, 1.807) is 17.4 Å². The van der Waals surface area contributed by atoms with Gasteiger partial charge in [-0.25, -0.2) is 9.78 Å². The molecule has 1 aliphatic rings. The van der Waals surface area contributed by atoms with Crippen molar-refractivity contribution in [3.05, 3.63) is 51.5 Å². The van der Waals surface area contributed by atoms with Gasteiger partial charge in [-0.1, -0.05) is 0 Å². The van der Waals surface area contributed by atoms with Crippen LogP contribution in [-0.2, 0) is 0 Å². The van der Waals surface area contributed by atoms with Crippen LogP contribution in [0.15, 0.2) is 33.5 Å². The fourth-order valence-corrected chi connectivity index (χ4v) is 4.69. The summed E-state index contributed by atoms with van der Waals surface area (Å²) in [5, 5.41) is 1.88. The Morgan fingerprint density at radius 1 is 1.04 bits per heavy atom. The second-order valence-electron chi connectivity index (χ2n) is 6.24. The number of nitrogens with zero attached hydrogens (tertiary/aromatic N) is 1. The van der Waals surface area contributed by atoms with Gasteiger partial charge in [-0.2, -0.15) is 0 Å². The Kier molecular flexibility index (Phi) is 2.55. The first-order valence-corrected chi connectivity index (χ1v) is 8.50. The van der Waals surface area contributed by atoms with Gasteiger partial charge >= 0.3 is 5.63 Å². The lowest BCUT2D eigenvalue weighted by Gasteiger charge is -2.18. The van der Waals surface area contributed by atoms with Crippen molar-refractivity contribution in [1.82, 2.24) is 4.98 Å². The minimum absolute atomic E-state index is 0.347. The van der Waals surface area contributed by atoms with Crippen molar-refractivity contribution in [3.63, 3.8) is 0 Å². The SMILES string of the molecule is Cc1cc2c3c(cc(=O)oc3c1)-c1sc3nc(C)cc(C)c3c1O2. The highest BCUT2D eigenvalue weighted by atomic mass is 32.1. The third-order valence-corrected chi connectivity index (χ3v) is 5.45. The predicted octanol–water partition coefficient (Wildman–Crippen LogP) is 5.10. The van der Waals surface area contributed by atoms with E-state index in [9.17, 15) is 4.79 Å². The molecule has 4 aromatic rings. The maximum atomic E-state index is 12.0. The molecule has 0 atom stereocenters. The maximum absolute atomic E-state index is 12.0. The van der Waals surface area contributed by atoms with Crippen molar-refractivity contribution in [2.24, 2.45) is 0 Å². The van der Waals surface area contributed by atoms with Crippen LogP contribution in [0.3, 0.4) is 0 Å². The number of rotatable bonds is 0. The van der Waals surface area contributed by atoms with Gasteiger partial charge in [-0.15, -0.1) is 11.3 Å². The Labute approximate surface area is 141 Å². The molecule has 0 spiro atoms. The average Bonchev–Trinajstić information content (AvgIpc) is 2.84. The number of ether oxygens (including phenoxy) is 1. The molecule has 5 rings (SSSR count). The highest BCUT2D eigenvalue weighted by Crippen LogP contribution is 2.53. The third-order valence-electron chi connectivity index (χ3n) is 4.35. The van der Waals surface area contributed by atoms with E-state index in [0.717, 1.165) is 54.4 Å². The summed E-state index contributed by atoms with van der Waals surface area (Å²) >= 11 is 1.56. The lowest BCUT2D eigenvalue weighted by atomic mass is 10.0. The summed E-state index contributed by atoms with van der Waals surface area (Å²) in [5.74, 6) is 1.53. The smallest absolute Gasteiger partial charge is 0.336 e. The maximum Gasteiger partial charge on any atom is 0.336 e. The summed E-state index contributed by atoms with van der Waals surface area (Å²) in [6.07, 6.45) is 0. The van der Waals surface area contributed by atoms with Crippen molar-refractivity contribution >= 4 is 32.5 Å². The van der Waals surface area contributed by atoms with Gasteiger partial charge in [0.2, 0.25) is 0 Å². The Morgan fingerprint density at radius 3 is 2.71 bits per heavy atom. The van der Waals surface area contributed by atoms with Crippen LogP contribution in [0.5, 0.6) is 11.5 Å². The molecular formula is C19H13NO3S. The van der Waals surface area contributed by atoms with Crippen molar-refractivity contribution in [1.29, 1.82) is 0 Å². The second-order valence-corrected chi connectivity index (χ2v) is 7.24. The molecule has 4 heterocycles. The van der Waals surface area contributed by atoms with E-state index in [1.807, 2.05) is 26.0 Å². The van der Waals surface area contributed by atoms with Crippen molar-refractivity contribution in [2.75, 3.05) is 0 Å². The van der Waals surface area contributed by atoms with Crippen LogP contribution in [0.2, 0.25) is 0 Å². The summed E-state index contributed by atoms with van der Waals surface area (Å²) in [4.78, 5) is 18.6. The summed E-state index contributed by atoms with van der Waals surface area (Å²) in [6.45, 7) is 6.01. The summed E-state index contributed by atoms with van der Waals surface area (Å²) in [5.41, 5.74) is 4.19. The Bertz CT molecular complexity index is 1230. The summed E-state index contributed by atoms with van der Waals surface area (Å²) < 4.78 is 11.6. The highest BCUT2D eigenvalue weighted by Gasteiger charge is 2.27. The van der Waals surface area contributed by atoms with Gasteiger partial charge in [0.15, 0.2) is 5.75 Å². The zero-order valence-corrected chi connectivity index (χ0v) is 14.2. The van der Waals surface area contributed by atoms with E-state index in [2.05, 4.69) is 18.0 Å². The molecule has 118 valence electrons. The first-order chi connectivity index (χ1) is 11.5. The Morgan fingerprint density at radius 2 is 1.88 bits per heavy atom. The number of thiophene rings is 1. The molecule has 0 fully saturated rings. The predicted molar refractivity (Wildman–Crippen MR) is 95.4 cm³/mol. The Balaban J connectivity index is 1.99. The van der Waals surface area contributed by atoms with E-state index < -0.39 is 0 Å². The third kappa shape index (κ3) is 1.73. The zero-order valence-electron chi connectivity index (χ0n) is 13.4. The first kappa shape index (κ1) is 13.7. The first-order valence-electron chi connectivity index (χ1n) is 7.69. The minimum Gasteiger partial charge on any atom is -0.454 e. The molecule has 0 bridgehead atoms. The molecule has 0 unspecified atom stereocenters. The van der Waals surface area contributed by atoms with E-state index >= 15 is 0 Å². The van der Waals surface area contributed by atoms with Gasteiger partial charge in [0.05, 0.1) is 15.6 Å². The molecule has 0 radical (unpaired) electrons. The lowest BCUT2D eigenvalue weighted by Crippen LogP contribution is -2.02. The summed E-state index contributed by atoms with van der Waals surface area (Å²) in [6, 6.07) is 7.47. The topological polar surface area (TPSA) is 52.3 Å². The molecule has 0 aliphatic carbocycles. The molecule has 1 aliphatic heterocycles. The van der Waals surface area contributed by atoms with Crippen LogP contribution >= 0.6 is 11.3 Å². The van der Waals surface area contributed by atoms with Crippen molar-refractivity contribution in [3.8, 4) is 21.9 Å². The zero-order chi connectivity index (χ0) is 16.6. The summed E-state index contributed by atoms with van der Waals surface area (Å²) in [7, 11) is 0. The van der Waals surface area contributed by atoms with Crippen molar-refractivity contribution in [2.45, 2.75) is 20.8 Å². The van der Waals surface area contributed by atoms with E-state index in [1.165, 1.54) is 0 Å². The van der Waals surface area contributed by atoms with Crippen molar-refractivity contribution < 1.29 is 9.15 Å².